The van der Waals surface area contributed by atoms with Gasteiger partial charge in [0.2, 0.25) is 5.16 Å². The van der Waals surface area contributed by atoms with Gasteiger partial charge in [-0.2, -0.15) is 0 Å². The van der Waals surface area contributed by atoms with Gasteiger partial charge in [-0.25, -0.2) is 4.68 Å². The van der Waals surface area contributed by atoms with E-state index in [1.165, 1.54) is 0 Å². The summed E-state index contributed by atoms with van der Waals surface area (Å²) in [6.07, 6.45) is 0. The number of ether oxygens (including phenoxy) is 1. The van der Waals surface area contributed by atoms with Crippen molar-refractivity contribution in [1.29, 1.82) is 0 Å². The van der Waals surface area contributed by atoms with Gasteiger partial charge >= 0.3 is 0 Å². The molecule has 0 aliphatic carbocycles. The summed E-state index contributed by atoms with van der Waals surface area (Å²) in [6.45, 7) is 0.642. The highest BCUT2D eigenvalue weighted by molar-refractivity contribution is 7.98. The number of tetrazole rings is 1. The highest BCUT2D eigenvalue weighted by Crippen LogP contribution is 2.29. The first-order chi connectivity index (χ1) is 11.3. The Balaban J connectivity index is 1.72. The summed E-state index contributed by atoms with van der Waals surface area (Å²) in [5.41, 5.74) is 2.17. The molecule has 0 radical (unpaired) electrons. The second-order valence-electron chi connectivity index (χ2n) is 4.85. The lowest BCUT2D eigenvalue weighted by atomic mass is 10.2. The molecule has 1 aromatic heterocycles. The van der Waals surface area contributed by atoms with Crippen molar-refractivity contribution in [1.82, 2.24) is 20.2 Å². The van der Waals surface area contributed by atoms with E-state index in [4.69, 9.17) is 16.3 Å². The normalized spacial score (nSPS) is 10.7. The van der Waals surface area contributed by atoms with E-state index in [1.54, 1.807) is 23.6 Å². The number of thioether (sulfide) groups is 1. The molecular weight excluding hydrogens is 332 g/mol. The van der Waals surface area contributed by atoms with Crippen LogP contribution in [-0.2, 0) is 12.3 Å². The van der Waals surface area contributed by atoms with Gasteiger partial charge in [-0.3, -0.25) is 0 Å². The van der Waals surface area contributed by atoms with Crippen LogP contribution in [0, 0.1) is 0 Å². The first kappa shape index (κ1) is 15.8. The van der Waals surface area contributed by atoms with Crippen molar-refractivity contribution in [3.05, 3.63) is 64.7 Å². The summed E-state index contributed by atoms with van der Waals surface area (Å²) < 4.78 is 7.15. The van der Waals surface area contributed by atoms with Crippen LogP contribution >= 0.6 is 23.4 Å². The average Bonchev–Trinajstić information content (AvgIpc) is 3.01. The molecule has 0 spiro atoms. The fourth-order valence-electron chi connectivity index (χ4n) is 2.16. The number of halogens is 1. The van der Waals surface area contributed by atoms with Crippen LogP contribution in [0.1, 0.15) is 11.1 Å². The lowest BCUT2D eigenvalue weighted by Gasteiger charge is -2.09. The number of nitrogens with zero attached hydrogens (tertiary/aromatic N) is 4. The Labute approximate surface area is 143 Å². The Kier molecular flexibility index (Phi) is 5.15. The standard InChI is InChI=1S/C16H15ClN4OS/c1-22-15-8-7-14(17)9-13(15)11-23-16-18-19-20-21(16)10-12-5-3-2-4-6-12/h2-9H,10-11H2,1H3. The first-order valence-electron chi connectivity index (χ1n) is 7.01. The molecule has 0 aliphatic heterocycles. The number of benzene rings is 2. The fraction of sp³-hybridized carbons (Fsp3) is 0.188. The molecule has 0 unspecified atom stereocenters. The third-order valence-electron chi connectivity index (χ3n) is 3.27. The topological polar surface area (TPSA) is 52.8 Å². The number of hydrogen-bond acceptors (Lipinski definition) is 5. The summed E-state index contributed by atoms with van der Waals surface area (Å²) >= 11 is 7.62. The molecule has 118 valence electrons. The molecule has 0 saturated heterocycles. The summed E-state index contributed by atoms with van der Waals surface area (Å²) in [6, 6.07) is 15.7. The van der Waals surface area contributed by atoms with Gasteiger partial charge < -0.3 is 4.74 Å². The van der Waals surface area contributed by atoms with Gasteiger partial charge in [-0.05, 0) is 34.2 Å². The minimum absolute atomic E-state index is 0.642. The van der Waals surface area contributed by atoms with Gasteiger partial charge in [0, 0.05) is 16.3 Å². The SMILES string of the molecule is COc1ccc(Cl)cc1CSc1nnnn1Cc1ccccc1. The Morgan fingerprint density at radius 3 is 2.78 bits per heavy atom. The molecule has 5 nitrogen and oxygen atoms in total. The lowest BCUT2D eigenvalue weighted by Crippen LogP contribution is -2.03. The van der Waals surface area contributed by atoms with E-state index in [2.05, 4.69) is 27.7 Å². The summed E-state index contributed by atoms with van der Waals surface area (Å²) in [5.74, 6) is 1.49. The van der Waals surface area contributed by atoms with E-state index in [0.29, 0.717) is 17.3 Å². The minimum atomic E-state index is 0.642. The lowest BCUT2D eigenvalue weighted by molar-refractivity contribution is 0.411. The van der Waals surface area contributed by atoms with Crippen LogP contribution in [0.15, 0.2) is 53.7 Å². The number of hydrogen-bond donors (Lipinski definition) is 0. The highest BCUT2D eigenvalue weighted by atomic mass is 35.5. The van der Waals surface area contributed by atoms with E-state index in [0.717, 1.165) is 22.0 Å². The maximum Gasteiger partial charge on any atom is 0.209 e. The average molecular weight is 347 g/mol. The molecule has 7 heteroatoms. The van der Waals surface area contributed by atoms with Gasteiger partial charge in [-0.15, -0.1) is 5.10 Å². The minimum Gasteiger partial charge on any atom is -0.496 e. The van der Waals surface area contributed by atoms with Crippen LogP contribution < -0.4 is 4.74 Å². The molecule has 0 aliphatic rings. The van der Waals surface area contributed by atoms with Gasteiger partial charge in [0.25, 0.3) is 0 Å². The Hall–Kier alpha value is -2.05. The van der Waals surface area contributed by atoms with Crippen molar-refractivity contribution >= 4 is 23.4 Å². The zero-order valence-electron chi connectivity index (χ0n) is 12.5. The van der Waals surface area contributed by atoms with Crippen molar-refractivity contribution in [3.8, 4) is 5.75 Å². The fourth-order valence-corrected chi connectivity index (χ4v) is 3.21. The van der Waals surface area contributed by atoms with E-state index >= 15 is 0 Å². The Morgan fingerprint density at radius 1 is 1.17 bits per heavy atom. The van der Waals surface area contributed by atoms with Gasteiger partial charge in [-0.1, -0.05) is 53.7 Å². The predicted octanol–water partition coefficient (Wildman–Crippen LogP) is 3.68. The first-order valence-corrected chi connectivity index (χ1v) is 8.38. The third-order valence-corrected chi connectivity index (χ3v) is 4.51. The quantitative estimate of drug-likeness (QED) is 0.637. The second-order valence-corrected chi connectivity index (χ2v) is 6.23. The highest BCUT2D eigenvalue weighted by Gasteiger charge is 2.10. The van der Waals surface area contributed by atoms with Crippen molar-refractivity contribution in [2.45, 2.75) is 17.5 Å². The Morgan fingerprint density at radius 2 is 2.00 bits per heavy atom. The van der Waals surface area contributed by atoms with Crippen molar-refractivity contribution in [3.63, 3.8) is 0 Å². The molecule has 0 bridgehead atoms. The molecule has 0 fully saturated rings. The van der Waals surface area contributed by atoms with Crippen molar-refractivity contribution in [2.75, 3.05) is 7.11 Å². The predicted molar refractivity (Wildman–Crippen MR) is 90.9 cm³/mol. The maximum absolute atomic E-state index is 6.06. The van der Waals surface area contributed by atoms with Crippen LogP contribution in [-0.4, -0.2) is 27.3 Å². The van der Waals surface area contributed by atoms with Crippen molar-refractivity contribution in [2.24, 2.45) is 0 Å². The van der Waals surface area contributed by atoms with E-state index in [-0.39, 0.29) is 0 Å². The van der Waals surface area contributed by atoms with Gasteiger partial charge in [0.05, 0.1) is 13.7 Å². The third kappa shape index (κ3) is 4.03. The number of methoxy groups -OCH3 is 1. The monoisotopic (exact) mass is 346 g/mol. The number of rotatable bonds is 6. The van der Waals surface area contributed by atoms with Crippen molar-refractivity contribution < 1.29 is 4.74 Å². The molecule has 0 N–H and O–H groups in total. The second kappa shape index (κ2) is 7.48. The van der Waals surface area contributed by atoms with Crippen LogP contribution in [0.2, 0.25) is 5.02 Å². The van der Waals surface area contributed by atoms with E-state index in [9.17, 15) is 0 Å². The summed E-state index contributed by atoms with van der Waals surface area (Å²) in [4.78, 5) is 0. The maximum atomic E-state index is 6.06. The zero-order chi connectivity index (χ0) is 16.1. The molecule has 3 aromatic rings. The number of aromatic nitrogens is 4. The molecule has 0 atom stereocenters. The van der Waals surface area contributed by atoms with E-state index < -0.39 is 0 Å². The van der Waals surface area contributed by atoms with Crippen LogP contribution in [0.25, 0.3) is 0 Å². The molecule has 1 heterocycles. The van der Waals surface area contributed by atoms with Gasteiger partial charge in [0.1, 0.15) is 5.75 Å². The molecule has 0 saturated carbocycles. The largest absolute Gasteiger partial charge is 0.496 e. The summed E-state index contributed by atoms with van der Waals surface area (Å²) in [7, 11) is 1.65. The molecule has 0 amide bonds. The smallest absolute Gasteiger partial charge is 0.209 e. The van der Waals surface area contributed by atoms with Crippen LogP contribution in [0.4, 0.5) is 0 Å². The van der Waals surface area contributed by atoms with Gasteiger partial charge in [0.15, 0.2) is 0 Å². The molecular formula is C16H15ClN4OS. The van der Waals surface area contributed by atoms with E-state index in [1.807, 2.05) is 36.4 Å². The zero-order valence-corrected chi connectivity index (χ0v) is 14.1. The molecule has 2 aromatic carbocycles. The molecule has 3 rings (SSSR count). The molecule has 23 heavy (non-hydrogen) atoms. The van der Waals surface area contributed by atoms with Crippen LogP contribution in [0.3, 0.4) is 0 Å². The van der Waals surface area contributed by atoms with Crippen LogP contribution in [0.5, 0.6) is 5.75 Å². The Bertz CT molecular complexity index is 779. The summed E-state index contributed by atoms with van der Waals surface area (Å²) in [5, 5.41) is 13.4.